The Bertz CT molecular complexity index is 1100. The summed E-state index contributed by atoms with van der Waals surface area (Å²) in [4.78, 5) is 15.2. The smallest absolute Gasteiger partial charge is 0.266 e. The fourth-order valence-electron chi connectivity index (χ4n) is 3.52. The Hall–Kier alpha value is -2.57. The predicted molar refractivity (Wildman–Crippen MR) is 129 cm³/mol. The van der Waals surface area contributed by atoms with E-state index in [0.717, 1.165) is 28.8 Å². The van der Waals surface area contributed by atoms with Gasteiger partial charge in [0.05, 0.1) is 11.4 Å². The van der Waals surface area contributed by atoms with E-state index < -0.39 is 0 Å². The van der Waals surface area contributed by atoms with Crippen molar-refractivity contribution < 1.29 is 9.53 Å². The standard InChI is InChI=1S/C24H24N2O2S2/c1-17(2)15-26-23(27)22(30-24(26)29)14-18-16-25(21-11-7-6-10-20(18)21)12-13-28-19-8-4-3-5-9-19/h3-11,14,16-17H,12-13,15H2,1-2H3/b22-14-. The molecular weight excluding hydrogens is 412 g/mol. The van der Waals surface area contributed by atoms with Gasteiger partial charge < -0.3 is 9.30 Å². The van der Waals surface area contributed by atoms with E-state index in [9.17, 15) is 4.79 Å². The molecule has 1 saturated heterocycles. The molecule has 0 unspecified atom stereocenters. The Labute approximate surface area is 186 Å². The molecule has 4 rings (SSSR count). The van der Waals surface area contributed by atoms with E-state index in [1.807, 2.05) is 48.5 Å². The van der Waals surface area contributed by atoms with Gasteiger partial charge in [-0.15, -0.1) is 0 Å². The molecule has 1 aliphatic rings. The van der Waals surface area contributed by atoms with Gasteiger partial charge in [-0.1, -0.05) is 74.2 Å². The van der Waals surface area contributed by atoms with Crippen molar-refractivity contribution in [2.24, 2.45) is 5.92 Å². The Morgan fingerprint density at radius 3 is 2.60 bits per heavy atom. The molecule has 0 N–H and O–H groups in total. The molecule has 1 amide bonds. The monoisotopic (exact) mass is 436 g/mol. The summed E-state index contributed by atoms with van der Waals surface area (Å²) in [5.74, 6) is 1.24. The Morgan fingerprint density at radius 1 is 1.10 bits per heavy atom. The van der Waals surface area contributed by atoms with Crippen LogP contribution in [0, 0.1) is 5.92 Å². The van der Waals surface area contributed by atoms with E-state index in [0.29, 0.717) is 28.3 Å². The summed E-state index contributed by atoms with van der Waals surface area (Å²) < 4.78 is 8.68. The number of amides is 1. The maximum absolute atomic E-state index is 12.9. The van der Waals surface area contributed by atoms with E-state index in [-0.39, 0.29) is 5.91 Å². The SMILES string of the molecule is CC(C)CN1C(=O)/C(=C/c2cn(CCOc3ccccc3)c3ccccc23)SC1=S. The number of carbonyl (C=O) groups is 1. The molecule has 1 aliphatic heterocycles. The third kappa shape index (κ3) is 4.45. The van der Waals surface area contributed by atoms with Crippen LogP contribution in [-0.4, -0.2) is 32.8 Å². The second-order valence-corrected chi connectivity index (χ2v) is 9.32. The van der Waals surface area contributed by atoms with Crippen molar-refractivity contribution in [3.05, 3.63) is 71.3 Å². The van der Waals surface area contributed by atoms with Crippen LogP contribution in [0.3, 0.4) is 0 Å². The lowest BCUT2D eigenvalue weighted by atomic mass is 10.1. The number of para-hydroxylation sites is 2. The van der Waals surface area contributed by atoms with Crippen molar-refractivity contribution in [3.8, 4) is 5.75 Å². The largest absolute Gasteiger partial charge is 0.492 e. The highest BCUT2D eigenvalue weighted by molar-refractivity contribution is 8.26. The topological polar surface area (TPSA) is 34.5 Å². The second kappa shape index (κ2) is 9.06. The number of hydrogen-bond donors (Lipinski definition) is 0. The van der Waals surface area contributed by atoms with Crippen molar-refractivity contribution >= 4 is 51.2 Å². The summed E-state index contributed by atoms with van der Waals surface area (Å²) in [6, 6.07) is 18.1. The minimum Gasteiger partial charge on any atom is -0.492 e. The molecule has 3 aromatic rings. The molecule has 154 valence electrons. The summed E-state index contributed by atoms with van der Waals surface area (Å²) in [7, 11) is 0. The molecular formula is C24H24N2O2S2. The van der Waals surface area contributed by atoms with Crippen LogP contribution in [0.4, 0.5) is 0 Å². The van der Waals surface area contributed by atoms with Crippen LogP contribution in [-0.2, 0) is 11.3 Å². The molecule has 1 aromatic heterocycles. The summed E-state index contributed by atoms with van der Waals surface area (Å²) >= 11 is 6.83. The van der Waals surface area contributed by atoms with E-state index in [1.54, 1.807) is 4.90 Å². The first-order valence-electron chi connectivity index (χ1n) is 10.0. The van der Waals surface area contributed by atoms with Crippen molar-refractivity contribution in [2.45, 2.75) is 20.4 Å². The maximum Gasteiger partial charge on any atom is 0.266 e. The molecule has 0 radical (unpaired) electrons. The van der Waals surface area contributed by atoms with Gasteiger partial charge in [-0.2, -0.15) is 0 Å². The van der Waals surface area contributed by atoms with Crippen LogP contribution in [0.15, 0.2) is 65.7 Å². The summed E-state index contributed by atoms with van der Waals surface area (Å²) in [6.07, 6.45) is 4.06. The number of benzene rings is 2. The van der Waals surface area contributed by atoms with Crippen molar-refractivity contribution in [3.63, 3.8) is 0 Å². The number of ether oxygens (including phenoxy) is 1. The lowest BCUT2D eigenvalue weighted by Gasteiger charge is -2.16. The minimum absolute atomic E-state index is 0.00272. The zero-order chi connectivity index (χ0) is 21.1. The van der Waals surface area contributed by atoms with Crippen molar-refractivity contribution in [1.29, 1.82) is 0 Å². The highest BCUT2D eigenvalue weighted by Gasteiger charge is 2.32. The summed E-state index contributed by atoms with van der Waals surface area (Å²) in [5.41, 5.74) is 2.15. The number of thioether (sulfide) groups is 1. The minimum atomic E-state index is 0.00272. The Balaban J connectivity index is 1.57. The number of aromatic nitrogens is 1. The van der Waals surface area contributed by atoms with E-state index in [1.165, 1.54) is 11.8 Å². The number of fused-ring (bicyclic) bond motifs is 1. The zero-order valence-corrected chi connectivity index (χ0v) is 18.7. The second-order valence-electron chi connectivity index (χ2n) is 7.64. The van der Waals surface area contributed by atoms with Crippen molar-refractivity contribution in [2.75, 3.05) is 13.2 Å². The zero-order valence-electron chi connectivity index (χ0n) is 17.1. The van der Waals surface area contributed by atoms with Gasteiger partial charge >= 0.3 is 0 Å². The van der Waals surface area contributed by atoms with Gasteiger partial charge in [0.15, 0.2) is 0 Å². The van der Waals surface area contributed by atoms with Crippen LogP contribution in [0.2, 0.25) is 0 Å². The number of rotatable bonds is 7. The number of nitrogens with zero attached hydrogens (tertiary/aromatic N) is 2. The van der Waals surface area contributed by atoms with Crippen LogP contribution in [0.5, 0.6) is 5.75 Å². The number of carbonyl (C=O) groups excluding carboxylic acids is 1. The summed E-state index contributed by atoms with van der Waals surface area (Å²) in [6.45, 7) is 6.12. The van der Waals surface area contributed by atoms with Gasteiger partial charge in [0.25, 0.3) is 5.91 Å². The molecule has 0 saturated carbocycles. The molecule has 0 bridgehead atoms. The van der Waals surface area contributed by atoms with Gasteiger partial charge in [0.2, 0.25) is 0 Å². The first-order chi connectivity index (χ1) is 14.5. The molecule has 0 spiro atoms. The van der Waals surface area contributed by atoms with Crippen LogP contribution in [0.25, 0.3) is 17.0 Å². The molecule has 4 nitrogen and oxygen atoms in total. The number of hydrogen-bond acceptors (Lipinski definition) is 4. The van der Waals surface area contributed by atoms with Gasteiger partial charge in [0, 0.05) is 29.2 Å². The van der Waals surface area contributed by atoms with E-state index in [4.69, 9.17) is 17.0 Å². The van der Waals surface area contributed by atoms with Gasteiger partial charge in [-0.25, -0.2) is 0 Å². The van der Waals surface area contributed by atoms with E-state index in [2.05, 4.69) is 36.7 Å². The normalized spacial score (nSPS) is 15.7. The number of thiocarbonyl (C=S) groups is 1. The maximum atomic E-state index is 12.9. The fourth-order valence-corrected chi connectivity index (χ4v) is 4.78. The molecule has 30 heavy (non-hydrogen) atoms. The molecule has 0 atom stereocenters. The molecule has 0 aliphatic carbocycles. The fraction of sp³-hybridized carbons (Fsp3) is 0.250. The Kier molecular flexibility index (Phi) is 6.25. The average Bonchev–Trinajstić information content (AvgIpc) is 3.21. The first-order valence-corrected chi connectivity index (χ1v) is 11.3. The quantitative estimate of drug-likeness (QED) is 0.358. The highest BCUT2D eigenvalue weighted by Crippen LogP contribution is 2.34. The van der Waals surface area contributed by atoms with Crippen molar-refractivity contribution in [1.82, 2.24) is 9.47 Å². The Morgan fingerprint density at radius 2 is 1.83 bits per heavy atom. The third-order valence-electron chi connectivity index (χ3n) is 4.87. The van der Waals surface area contributed by atoms with Gasteiger partial charge in [-0.3, -0.25) is 9.69 Å². The van der Waals surface area contributed by atoms with E-state index >= 15 is 0 Å². The third-order valence-corrected chi connectivity index (χ3v) is 6.25. The van der Waals surface area contributed by atoms with Crippen LogP contribution < -0.4 is 4.74 Å². The average molecular weight is 437 g/mol. The van der Waals surface area contributed by atoms with Gasteiger partial charge in [-0.05, 0) is 30.2 Å². The summed E-state index contributed by atoms with van der Waals surface area (Å²) in [5, 5.41) is 1.12. The van der Waals surface area contributed by atoms with Crippen LogP contribution in [0.1, 0.15) is 19.4 Å². The highest BCUT2D eigenvalue weighted by atomic mass is 32.2. The van der Waals surface area contributed by atoms with Gasteiger partial charge in [0.1, 0.15) is 16.7 Å². The molecule has 1 fully saturated rings. The molecule has 2 heterocycles. The lowest BCUT2D eigenvalue weighted by molar-refractivity contribution is -0.122. The van der Waals surface area contributed by atoms with Crippen LogP contribution >= 0.6 is 24.0 Å². The molecule has 6 heteroatoms. The first kappa shape index (κ1) is 20.7. The molecule has 2 aromatic carbocycles. The predicted octanol–water partition coefficient (Wildman–Crippen LogP) is 5.58. The lowest BCUT2D eigenvalue weighted by Crippen LogP contribution is -2.31.